The number of carbonyl (C=O) groups excluding carboxylic acids is 1. The first-order chi connectivity index (χ1) is 9.38. The van der Waals surface area contributed by atoms with Gasteiger partial charge in [0.15, 0.2) is 0 Å². The second kappa shape index (κ2) is 6.41. The summed E-state index contributed by atoms with van der Waals surface area (Å²) in [5.41, 5.74) is 0. The van der Waals surface area contributed by atoms with Crippen LogP contribution in [0, 0.1) is 5.92 Å². The second-order valence-corrected chi connectivity index (χ2v) is 6.91. The molecule has 0 radical (unpaired) electrons. The molecule has 2 aliphatic rings. The topological polar surface area (TPSA) is 38.8 Å². The molecule has 3 atom stereocenters. The van der Waals surface area contributed by atoms with Crippen LogP contribution in [0.3, 0.4) is 0 Å². The van der Waals surface area contributed by atoms with Crippen LogP contribution in [-0.4, -0.2) is 79.1 Å². The van der Waals surface area contributed by atoms with Crippen LogP contribution in [0.2, 0.25) is 0 Å². The van der Waals surface area contributed by atoms with E-state index in [1.165, 1.54) is 0 Å². The summed E-state index contributed by atoms with van der Waals surface area (Å²) in [5, 5.41) is 3.44. The second-order valence-electron chi connectivity index (χ2n) is 6.91. The Bertz CT molecular complexity index is 347. The van der Waals surface area contributed by atoms with Gasteiger partial charge in [-0.15, -0.1) is 0 Å². The van der Waals surface area contributed by atoms with Gasteiger partial charge in [0.25, 0.3) is 0 Å². The van der Waals surface area contributed by atoms with Gasteiger partial charge in [-0.3, -0.25) is 15.0 Å². The van der Waals surface area contributed by atoms with Gasteiger partial charge in [0.1, 0.15) is 0 Å². The Morgan fingerprint density at radius 3 is 2.65 bits per heavy atom. The largest absolute Gasteiger partial charge is 0.324 e. The van der Waals surface area contributed by atoms with Gasteiger partial charge in [0.2, 0.25) is 5.91 Å². The van der Waals surface area contributed by atoms with Crippen LogP contribution >= 0.6 is 0 Å². The Balaban J connectivity index is 1.96. The predicted molar refractivity (Wildman–Crippen MR) is 81.5 cm³/mol. The quantitative estimate of drug-likeness (QED) is 0.811. The summed E-state index contributed by atoms with van der Waals surface area (Å²) in [6, 6.07) is 0.455. The van der Waals surface area contributed by atoms with Crippen molar-refractivity contribution in [3.05, 3.63) is 0 Å². The van der Waals surface area contributed by atoms with Crippen LogP contribution in [0.25, 0.3) is 0 Å². The van der Waals surface area contributed by atoms with Crippen molar-refractivity contribution in [1.29, 1.82) is 0 Å². The maximum atomic E-state index is 12.5. The fraction of sp³-hybridized carbons (Fsp3) is 0.933. The fourth-order valence-corrected chi connectivity index (χ4v) is 3.26. The third-order valence-corrected chi connectivity index (χ3v) is 4.59. The highest BCUT2D eigenvalue weighted by Gasteiger charge is 2.38. The summed E-state index contributed by atoms with van der Waals surface area (Å²) >= 11 is 0. The zero-order valence-electron chi connectivity index (χ0n) is 13.6. The van der Waals surface area contributed by atoms with Crippen molar-refractivity contribution in [3.63, 3.8) is 0 Å². The van der Waals surface area contributed by atoms with Gasteiger partial charge in [-0.05, 0) is 33.4 Å². The molecule has 0 spiro atoms. The Morgan fingerprint density at radius 1 is 1.30 bits per heavy atom. The molecule has 5 nitrogen and oxygen atoms in total. The molecule has 0 saturated carbocycles. The highest BCUT2D eigenvalue weighted by atomic mass is 16.2. The lowest BCUT2D eigenvalue weighted by Crippen LogP contribution is -2.55. The Morgan fingerprint density at radius 2 is 2.00 bits per heavy atom. The van der Waals surface area contributed by atoms with Crippen LogP contribution in [0.5, 0.6) is 0 Å². The predicted octanol–water partition coefficient (Wildman–Crippen LogP) is 0.425. The van der Waals surface area contributed by atoms with Gasteiger partial charge in [-0.2, -0.15) is 0 Å². The smallest absolute Gasteiger partial charge is 0.241 e. The number of nitrogens with one attached hydrogen (secondary N) is 1. The molecule has 2 aliphatic heterocycles. The number of hydrogen-bond acceptors (Lipinski definition) is 4. The van der Waals surface area contributed by atoms with E-state index in [0.29, 0.717) is 12.0 Å². The van der Waals surface area contributed by atoms with Crippen LogP contribution in [0.1, 0.15) is 27.2 Å². The van der Waals surface area contributed by atoms with Gasteiger partial charge in [0, 0.05) is 32.2 Å². The third-order valence-electron chi connectivity index (χ3n) is 4.59. The standard InChI is InChI=1S/C15H30N4O/c1-11(2)8-14-15(20)19(12(3)16-14)10-13-9-17(4)6-7-18(13)5/h11-14,16H,6-10H2,1-5H3. The van der Waals surface area contributed by atoms with Crippen LogP contribution < -0.4 is 5.32 Å². The number of hydrogen-bond donors (Lipinski definition) is 1. The first-order valence-electron chi connectivity index (χ1n) is 7.83. The van der Waals surface area contributed by atoms with Crippen molar-refractivity contribution >= 4 is 5.91 Å². The summed E-state index contributed by atoms with van der Waals surface area (Å²) in [4.78, 5) is 19.3. The van der Waals surface area contributed by atoms with E-state index >= 15 is 0 Å². The molecule has 2 heterocycles. The molecular formula is C15H30N4O. The Kier molecular flexibility index (Phi) is 5.04. The van der Waals surface area contributed by atoms with E-state index < -0.39 is 0 Å². The molecule has 2 fully saturated rings. The molecule has 5 heteroatoms. The fourth-order valence-electron chi connectivity index (χ4n) is 3.26. The van der Waals surface area contributed by atoms with Crippen LogP contribution in [0.4, 0.5) is 0 Å². The number of rotatable bonds is 4. The van der Waals surface area contributed by atoms with E-state index in [9.17, 15) is 4.79 Å². The van der Waals surface area contributed by atoms with Crippen molar-refractivity contribution in [2.45, 2.75) is 45.4 Å². The number of likely N-dealkylation sites (N-methyl/N-ethyl adjacent to an activating group) is 2. The Labute approximate surface area is 123 Å². The van der Waals surface area contributed by atoms with Gasteiger partial charge < -0.3 is 9.80 Å². The van der Waals surface area contributed by atoms with E-state index in [1.807, 2.05) is 4.90 Å². The summed E-state index contributed by atoms with van der Waals surface area (Å²) in [6.45, 7) is 10.5. The van der Waals surface area contributed by atoms with Gasteiger partial charge in [-0.1, -0.05) is 13.8 Å². The third kappa shape index (κ3) is 3.51. The molecule has 2 saturated heterocycles. The molecular weight excluding hydrogens is 252 g/mol. The lowest BCUT2D eigenvalue weighted by molar-refractivity contribution is -0.131. The minimum atomic E-state index is 0.0108. The highest BCUT2D eigenvalue weighted by molar-refractivity contribution is 5.84. The minimum Gasteiger partial charge on any atom is -0.324 e. The molecule has 3 unspecified atom stereocenters. The summed E-state index contributed by atoms with van der Waals surface area (Å²) in [7, 11) is 4.33. The zero-order chi connectivity index (χ0) is 14.9. The maximum absolute atomic E-state index is 12.5. The molecule has 1 amide bonds. The number of nitrogens with zero attached hydrogens (tertiary/aromatic N) is 3. The minimum absolute atomic E-state index is 0.0108. The van der Waals surface area contributed by atoms with Crippen molar-refractivity contribution in [3.8, 4) is 0 Å². The number of piperazine rings is 1. The molecule has 0 aromatic rings. The molecule has 1 N–H and O–H groups in total. The Hall–Kier alpha value is -0.650. The van der Waals surface area contributed by atoms with E-state index in [1.54, 1.807) is 0 Å². The zero-order valence-corrected chi connectivity index (χ0v) is 13.6. The van der Waals surface area contributed by atoms with Crippen LogP contribution in [0.15, 0.2) is 0 Å². The maximum Gasteiger partial charge on any atom is 0.241 e. The van der Waals surface area contributed by atoms with Crippen molar-refractivity contribution < 1.29 is 4.79 Å². The average Bonchev–Trinajstić information content (AvgIpc) is 2.61. The molecule has 116 valence electrons. The number of carbonyl (C=O) groups is 1. The molecule has 20 heavy (non-hydrogen) atoms. The van der Waals surface area contributed by atoms with E-state index in [4.69, 9.17) is 0 Å². The molecule has 0 aromatic heterocycles. The first-order valence-corrected chi connectivity index (χ1v) is 7.83. The lowest BCUT2D eigenvalue weighted by Gasteiger charge is -2.40. The van der Waals surface area contributed by atoms with E-state index in [0.717, 1.165) is 32.6 Å². The number of amides is 1. The van der Waals surface area contributed by atoms with Crippen molar-refractivity contribution in [1.82, 2.24) is 20.0 Å². The molecule has 0 aliphatic carbocycles. The van der Waals surface area contributed by atoms with Gasteiger partial charge in [-0.25, -0.2) is 0 Å². The summed E-state index contributed by atoms with van der Waals surface area (Å²) < 4.78 is 0. The van der Waals surface area contributed by atoms with Crippen molar-refractivity contribution in [2.75, 3.05) is 40.3 Å². The average molecular weight is 282 g/mol. The molecule has 0 bridgehead atoms. The first kappa shape index (κ1) is 15.7. The van der Waals surface area contributed by atoms with E-state index in [2.05, 4.69) is 50.0 Å². The lowest BCUT2D eigenvalue weighted by atomic mass is 10.0. The van der Waals surface area contributed by atoms with E-state index in [-0.39, 0.29) is 18.1 Å². The normalized spacial score (nSPS) is 33.4. The molecule has 2 rings (SSSR count). The summed E-state index contributed by atoms with van der Waals surface area (Å²) in [6.07, 6.45) is 1.09. The monoisotopic (exact) mass is 282 g/mol. The SMILES string of the molecule is CC(C)CC1NC(C)N(CC2CN(C)CCN2C)C1=O. The van der Waals surface area contributed by atoms with Gasteiger partial charge >= 0.3 is 0 Å². The highest BCUT2D eigenvalue weighted by Crippen LogP contribution is 2.19. The summed E-state index contributed by atoms with van der Waals surface area (Å²) in [5.74, 6) is 0.833. The molecule has 0 aromatic carbocycles. The van der Waals surface area contributed by atoms with Crippen LogP contribution in [-0.2, 0) is 4.79 Å². The van der Waals surface area contributed by atoms with Crippen molar-refractivity contribution in [2.24, 2.45) is 5.92 Å². The van der Waals surface area contributed by atoms with Gasteiger partial charge in [0.05, 0.1) is 12.2 Å².